The molecule has 0 aliphatic carbocycles. The number of rotatable bonds is 7. The first-order valence-electron chi connectivity index (χ1n) is 7.59. The Morgan fingerprint density at radius 2 is 2.30 bits per heavy atom. The predicted octanol–water partition coefficient (Wildman–Crippen LogP) is 3.02. The maximum Gasteiger partial charge on any atom is 0.154 e. The van der Waals surface area contributed by atoms with Crippen LogP contribution in [0.2, 0.25) is 0 Å². The molecule has 1 fully saturated rings. The van der Waals surface area contributed by atoms with E-state index in [0.29, 0.717) is 5.75 Å². The van der Waals surface area contributed by atoms with Gasteiger partial charge >= 0.3 is 0 Å². The highest BCUT2D eigenvalue weighted by Crippen LogP contribution is 2.25. The number of sulfone groups is 1. The lowest BCUT2D eigenvalue weighted by atomic mass is 10.0. The van der Waals surface area contributed by atoms with E-state index in [-0.39, 0.29) is 11.3 Å². The fourth-order valence-corrected chi connectivity index (χ4v) is 5.81. The van der Waals surface area contributed by atoms with Crippen LogP contribution in [0.25, 0.3) is 0 Å². The van der Waals surface area contributed by atoms with Gasteiger partial charge in [0.15, 0.2) is 9.84 Å². The lowest BCUT2D eigenvalue weighted by Crippen LogP contribution is -2.47. The number of hydrogen-bond acceptors (Lipinski definition) is 4. The summed E-state index contributed by atoms with van der Waals surface area (Å²) in [6, 6.07) is 2.25. The van der Waals surface area contributed by atoms with Crippen LogP contribution in [0, 0.1) is 0 Å². The summed E-state index contributed by atoms with van der Waals surface area (Å²) in [5.41, 5.74) is 1.33. The van der Waals surface area contributed by atoms with Gasteiger partial charge in [-0.3, -0.25) is 0 Å². The highest BCUT2D eigenvalue weighted by Gasteiger charge is 2.34. The highest BCUT2D eigenvalue weighted by atomic mass is 32.2. The van der Waals surface area contributed by atoms with E-state index in [1.54, 1.807) is 11.3 Å². The minimum Gasteiger partial charge on any atom is -0.313 e. The monoisotopic (exact) mass is 315 g/mol. The molecule has 1 aromatic heterocycles. The summed E-state index contributed by atoms with van der Waals surface area (Å²) in [7, 11) is -2.90. The van der Waals surface area contributed by atoms with Crippen molar-refractivity contribution in [3.63, 3.8) is 0 Å². The first kappa shape index (κ1) is 16.0. The van der Waals surface area contributed by atoms with Crippen LogP contribution in [0.5, 0.6) is 0 Å². The molecule has 20 heavy (non-hydrogen) atoms. The first-order chi connectivity index (χ1) is 9.63. The zero-order valence-electron chi connectivity index (χ0n) is 12.2. The molecule has 0 aromatic carbocycles. The molecule has 114 valence electrons. The van der Waals surface area contributed by atoms with Crippen LogP contribution in [0.4, 0.5) is 0 Å². The third-order valence-electron chi connectivity index (χ3n) is 4.06. The van der Waals surface area contributed by atoms with Crippen molar-refractivity contribution < 1.29 is 8.42 Å². The van der Waals surface area contributed by atoms with Gasteiger partial charge in [0.25, 0.3) is 0 Å². The van der Waals surface area contributed by atoms with Crippen LogP contribution in [0.15, 0.2) is 16.8 Å². The van der Waals surface area contributed by atoms with Gasteiger partial charge in [-0.05, 0) is 61.0 Å². The van der Waals surface area contributed by atoms with Gasteiger partial charge in [-0.1, -0.05) is 13.3 Å². The molecule has 1 aromatic rings. The van der Waals surface area contributed by atoms with Crippen molar-refractivity contribution in [1.29, 1.82) is 0 Å². The second-order valence-corrected chi connectivity index (χ2v) is 8.75. The van der Waals surface area contributed by atoms with Gasteiger partial charge < -0.3 is 5.32 Å². The van der Waals surface area contributed by atoms with Crippen LogP contribution in [0.3, 0.4) is 0 Å². The van der Waals surface area contributed by atoms with Crippen molar-refractivity contribution >= 4 is 21.2 Å². The van der Waals surface area contributed by atoms with E-state index in [4.69, 9.17) is 0 Å². The SMILES string of the molecule is CCCNC(CCc1ccsc1)C1CCCCS1(=O)=O. The molecule has 2 rings (SSSR count). The second kappa shape index (κ2) is 7.57. The van der Waals surface area contributed by atoms with Gasteiger partial charge in [0, 0.05) is 6.04 Å². The van der Waals surface area contributed by atoms with E-state index in [1.807, 2.05) is 0 Å². The predicted molar refractivity (Wildman–Crippen MR) is 86.1 cm³/mol. The average Bonchev–Trinajstić information content (AvgIpc) is 2.92. The summed E-state index contributed by atoms with van der Waals surface area (Å²) in [5, 5.41) is 7.55. The van der Waals surface area contributed by atoms with Gasteiger partial charge in [0.1, 0.15) is 0 Å². The van der Waals surface area contributed by atoms with Crippen molar-refractivity contribution in [3.8, 4) is 0 Å². The van der Waals surface area contributed by atoms with Crippen LogP contribution in [0.1, 0.15) is 44.6 Å². The zero-order chi connectivity index (χ0) is 14.4. The van der Waals surface area contributed by atoms with Gasteiger partial charge in [0.05, 0.1) is 11.0 Å². The molecule has 1 aliphatic rings. The van der Waals surface area contributed by atoms with E-state index in [2.05, 4.69) is 29.1 Å². The summed E-state index contributed by atoms with van der Waals surface area (Å²) >= 11 is 1.71. The Morgan fingerprint density at radius 1 is 1.45 bits per heavy atom. The Hall–Kier alpha value is -0.390. The molecule has 2 unspecified atom stereocenters. The Labute approximate surface area is 126 Å². The van der Waals surface area contributed by atoms with Crippen molar-refractivity contribution in [2.75, 3.05) is 12.3 Å². The Balaban J connectivity index is 2.01. The summed E-state index contributed by atoms with van der Waals surface area (Å²) in [6.07, 6.45) is 5.64. The van der Waals surface area contributed by atoms with Gasteiger partial charge in [-0.25, -0.2) is 8.42 Å². The van der Waals surface area contributed by atoms with Crippen LogP contribution < -0.4 is 5.32 Å². The van der Waals surface area contributed by atoms with Crippen LogP contribution >= 0.6 is 11.3 Å². The molecule has 3 nitrogen and oxygen atoms in total. The molecular formula is C15H25NO2S2. The molecule has 1 aliphatic heterocycles. The van der Waals surface area contributed by atoms with Crippen molar-refractivity contribution in [1.82, 2.24) is 5.32 Å². The standard InChI is InChI=1S/C15H25NO2S2/c1-2-9-16-14(7-6-13-8-10-19-12-13)15-5-3-4-11-20(15,17)18/h8,10,12,14-16H,2-7,9,11H2,1H3. The maximum absolute atomic E-state index is 12.3. The lowest BCUT2D eigenvalue weighted by molar-refractivity contribution is 0.417. The Morgan fingerprint density at radius 3 is 2.95 bits per heavy atom. The molecule has 5 heteroatoms. The normalized spacial score (nSPS) is 23.6. The fourth-order valence-electron chi connectivity index (χ4n) is 2.94. The van der Waals surface area contributed by atoms with Crippen molar-refractivity contribution in [2.45, 2.75) is 56.7 Å². The second-order valence-electron chi connectivity index (χ2n) is 5.63. The molecule has 1 saturated heterocycles. The Kier molecular flexibility index (Phi) is 6.05. The van der Waals surface area contributed by atoms with Gasteiger partial charge in [0.2, 0.25) is 0 Å². The number of hydrogen-bond donors (Lipinski definition) is 1. The van der Waals surface area contributed by atoms with Crippen molar-refractivity contribution in [2.24, 2.45) is 0 Å². The average molecular weight is 316 g/mol. The van der Waals surface area contributed by atoms with E-state index in [1.165, 1.54) is 5.56 Å². The van der Waals surface area contributed by atoms with E-state index in [0.717, 1.165) is 45.1 Å². The van der Waals surface area contributed by atoms with Gasteiger partial charge in [-0.2, -0.15) is 11.3 Å². The summed E-state index contributed by atoms with van der Waals surface area (Å²) in [5.74, 6) is 0.375. The number of nitrogens with one attached hydrogen (secondary N) is 1. The number of thiophene rings is 1. The third kappa shape index (κ3) is 4.30. The maximum atomic E-state index is 12.3. The molecule has 2 atom stereocenters. The van der Waals surface area contributed by atoms with E-state index in [9.17, 15) is 8.42 Å². The molecular weight excluding hydrogens is 290 g/mol. The summed E-state index contributed by atoms with van der Waals surface area (Å²) < 4.78 is 24.6. The van der Waals surface area contributed by atoms with Crippen LogP contribution in [-0.4, -0.2) is 32.0 Å². The highest BCUT2D eigenvalue weighted by molar-refractivity contribution is 7.92. The minimum absolute atomic E-state index is 0.111. The van der Waals surface area contributed by atoms with E-state index >= 15 is 0 Å². The zero-order valence-corrected chi connectivity index (χ0v) is 13.8. The minimum atomic E-state index is -2.90. The molecule has 2 heterocycles. The summed E-state index contributed by atoms with van der Waals surface area (Å²) in [4.78, 5) is 0. The molecule has 0 amide bonds. The Bertz CT molecular complexity index is 482. The molecule has 1 N–H and O–H groups in total. The smallest absolute Gasteiger partial charge is 0.154 e. The molecule has 0 saturated carbocycles. The first-order valence-corrected chi connectivity index (χ1v) is 10.3. The lowest BCUT2D eigenvalue weighted by Gasteiger charge is -2.31. The topological polar surface area (TPSA) is 46.2 Å². The molecule has 0 spiro atoms. The van der Waals surface area contributed by atoms with E-state index < -0.39 is 9.84 Å². The van der Waals surface area contributed by atoms with Gasteiger partial charge in [-0.15, -0.1) is 0 Å². The molecule has 0 radical (unpaired) electrons. The molecule has 0 bridgehead atoms. The fraction of sp³-hybridized carbons (Fsp3) is 0.733. The number of aryl methyl sites for hydroxylation is 1. The third-order valence-corrected chi connectivity index (χ3v) is 7.13. The van der Waals surface area contributed by atoms with Crippen molar-refractivity contribution in [3.05, 3.63) is 22.4 Å². The largest absolute Gasteiger partial charge is 0.313 e. The summed E-state index contributed by atoms with van der Waals surface area (Å²) in [6.45, 7) is 3.03. The van der Waals surface area contributed by atoms with Crippen LogP contribution in [-0.2, 0) is 16.3 Å². The quantitative estimate of drug-likeness (QED) is 0.841.